The van der Waals surface area contributed by atoms with E-state index in [1.807, 2.05) is 0 Å². The van der Waals surface area contributed by atoms with E-state index in [0.29, 0.717) is 30.0 Å². The van der Waals surface area contributed by atoms with Crippen molar-refractivity contribution in [1.29, 1.82) is 5.41 Å². The molecule has 1 aromatic heterocycles. The molecule has 1 fully saturated rings. The third-order valence-electron chi connectivity index (χ3n) is 6.76. The van der Waals surface area contributed by atoms with Crippen LogP contribution in [0.25, 0.3) is 10.9 Å². The predicted octanol–water partition coefficient (Wildman–Crippen LogP) is 6.50. The van der Waals surface area contributed by atoms with Gasteiger partial charge in [-0.1, -0.05) is 24.3 Å². The van der Waals surface area contributed by atoms with Gasteiger partial charge in [0.2, 0.25) is 5.60 Å². The second kappa shape index (κ2) is 9.64. The Labute approximate surface area is 210 Å². The summed E-state index contributed by atoms with van der Waals surface area (Å²) in [5, 5.41) is 22.6. The molecule has 1 saturated heterocycles. The lowest BCUT2D eigenvalue weighted by Gasteiger charge is -2.31. The van der Waals surface area contributed by atoms with Crippen LogP contribution in [0, 0.1) is 11.2 Å². The number of hydrogen-bond donors (Lipinski definition) is 3. The van der Waals surface area contributed by atoms with Crippen molar-refractivity contribution in [2.75, 3.05) is 11.9 Å². The fourth-order valence-corrected chi connectivity index (χ4v) is 4.88. The Morgan fingerprint density at radius 1 is 1.08 bits per heavy atom. The van der Waals surface area contributed by atoms with E-state index in [2.05, 4.69) is 5.32 Å². The summed E-state index contributed by atoms with van der Waals surface area (Å²) in [6, 6.07) is 15.8. The average molecular weight is 512 g/mol. The Bertz CT molecular complexity index is 1430. The zero-order chi connectivity index (χ0) is 26.2. The molecule has 1 aliphatic rings. The standard InChI is InChI=1S/C28H25F4N3O2/c29-20-8-10-21(11-9-20)34-25-12-7-19(14-18(25)15-33)27(36,28(30,31)32)24-17-35(16-22-4-3-13-37-22)26-6-2-1-5-23(24)26/h1-2,5-12,14-15,17,22,33-34,36H,3-4,13,16H2. The van der Waals surface area contributed by atoms with Gasteiger partial charge in [0.1, 0.15) is 5.82 Å². The van der Waals surface area contributed by atoms with Crippen LogP contribution < -0.4 is 5.32 Å². The van der Waals surface area contributed by atoms with Gasteiger partial charge < -0.3 is 25.1 Å². The summed E-state index contributed by atoms with van der Waals surface area (Å²) in [6.07, 6.45) is -1.19. The molecule has 9 heteroatoms. The van der Waals surface area contributed by atoms with Gasteiger partial charge in [-0.25, -0.2) is 4.39 Å². The quantitative estimate of drug-likeness (QED) is 0.196. The molecule has 0 amide bonds. The molecular formula is C28H25F4N3O2. The van der Waals surface area contributed by atoms with Gasteiger partial charge >= 0.3 is 6.18 Å². The molecule has 2 heterocycles. The molecule has 37 heavy (non-hydrogen) atoms. The lowest BCUT2D eigenvalue weighted by atomic mass is 9.84. The number of halogens is 4. The summed E-state index contributed by atoms with van der Waals surface area (Å²) in [6.45, 7) is 0.995. The van der Waals surface area contributed by atoms with Crippen LogP contribution in [0.4, 0.5) is 28.9 Å². The van der Waals surface area contributed by atoms with Crippen molar-refractivity contribution < 1.29 is 27.4 Å². The van der Waals surface area contributed by atoms with E-state index in [0.717, 1.165) is 25.1 Å². The molecule has 5 nitrogen and oxygen atoms in total. The van der Waals surface area contributed by atoms with E-state index in [-0.39, 0.29) is 22.6 Å². The molecule has 4 aromatic rings. The van der Waals surface area contributed by atoms with Crippen LogP contribution in [0.3, 0.4) is 0 Å². The number of benzene rings is 3. The first-order chi connectivity index (χ1) is 17.7. The third-order valence-corrected chi connectivity index (χ3v) is 6.76. The Morgan fingerprint density at radius 3 is 2.51 bits per heavy atom. The number of aliphatic hydroxyl groups is 1. The van der Waals surface area contributed by atoms with Crippen molar-refractivity contribution in [3.63, 3.8) is 0 Å². The molecule has 0 spiro atoms. The van der Waals surface area contributed by atoms with Crippen LogP contribution in [0.2, 0.25) is 0 Å². The number of para-hydroxylation sites is 1. The smallest absolute Gasteiger partial charge is 0.376 e. The molecular weight excluding hydrogens is 486 g/mol. The van der Waals surface area contributed by atoms with Crippen LogP contribution in [-0.2, 0) is 16.9 Å². The maximum Gasteiger partial charge on any atom is 0.425 e. The molecule has 3 N–H and O–H groups in total. The molecule has 1 aliphatic heterocycles. The SMILES string of the molecule is N=Cc1cc(C(O)(c2cn(CC3CCCO3)c3ccccc23)C(F)(F)F)ccc1Nc1ccc(F)cc1. The lowest BCUT2D eigenvalue weighted by molar-refractivity contribution is -0.247. The summed E-state index contributed by atoms with van der Waals surface area (Å²) in [4.78, 5) is 0. The number of anilines is 2. The molecule has 3 aromatic carbocycles. The Hall–Kier alpha value is -3.69. The summed E-state index contributed by atoms with van der Waals surface area (Å²) < 4.78 is 64.9. The minimum Gasteiger partial charge on any atom is -0.376 e. The molecule has 0 bridgehead atoms. The highest BCUT2D eigenvalue weighted by Crippen LogP contribution is 2.47. The highest BCUT2D eigenvalue weighted by Gasteiger charge is 2.57. The Morgan fingerprint density at radius 2 is 1.84 bits per heavy atom. The van der Waals surface area contributed by atoms with Gasteiger partial charge in [0, 0.05) is 59.0 Å². The average Bonchev–Trinajstić information content (AvgIpc) is 3.53. The highest BCUT2D eigenvalue weighted by atomic mass is 19.4. The van der Waals surface area contributed by atoms with E-state index in [9.17, 15) is 22.7 Å². The zero-order valence-corrected chi connectivity index (χ0v) is 19.7. The van der Waals surface area contributed by atoms with Gasteiger partial charge in [0.05, 0.1) is 6.10 Å². The fraction of sp³-hybridized carbons (Fsp3) is 0.250. The second-order valence-electron chi connectivity index (χ2n) is 9.13. The largest absolute Gasteiger partial charge is 0.425 e. The van der Waals surface area contributed by atoms with Crippen molar-refractivity contribution in [3.05, 3.63) is 95.4 Å². The van der Waals surface area contributed by atoms with Crippen molar-refractivity contribution in [2.24, 2.45) is 0 Å². The second-order valence-corrected chi connectivity index (χ2v) is 9.13. The first-order valence-corrected chi connectivity index (χ1v) is 11.9. The fourth-order valence-electron chi connectivity index (χ4n) is 4.88. The maximum atomic E-state index is 14.7. The first kappa shape index (κ1) is 25.0. The molecule has 2 atom stereocenters. The number of ether oxygens (including phenoxy) is 1. The number of hydrogen-bond acceptors (Lipinski definition) is 4. The molecule has 0 saturated carbocycles. The monoisotopic (exact) mass is 511 g/mol. The summed E-state index contributed by atoms with van der Waals surface area (Å²) in [7, 11) is 0. The molecule has 192 valence electrons. The number of aromatic nitrogens is 1. The third kappa shape index (κ3) is 4.60. The van der Waals surface area contributed by atoms with E-state index in [1.54, 1.807) is 28.8 Å². The van der Waals surface area contributed by atoms with E-state index >= 15 is 0 Å². The number of alkyl halides is 3. The zero-order valence-electron chi connectivity index (χ0n) is 19.7. The van der Waals surface area contributed by atoms with Gasteiger partial charge in [-0.2, -0.15) is 13.2 Å². The molecule has 0 aliphatic carbocycles. The van der Waals surface area contributed by atoms with Gasteiger partial charge in [0.25, 0.3) is 0 Å². The lowest BCUT2D eigenvalue weighted by Crippen LogP contribution is -2.43. The minimum atomic E-state index is -5.06. The van der Waals surface area contributed by atoms with Gasteiger partial charge in [-0.3, -0.25) is 0 Å². The topological polar surface area (TPSA) is 70.3 Å². The van der Waals surface area contributed by atoms with Gasteiger partial charge in [-0.15, -0.1) is 0 Å². The van der Waals surface area contributed by atoms with Gasteiger partial charge in [0.15, 0.2) is 0 Å². The Balaban J connectivity index is 1.61. The molecule has 5 rings (SSSR count). The maximum absolute atomic E-state index is 14.7. The Kier molecular flexibility index (Phi) is 6.51. The molecule has 0 radical (unpaired) electrons. The normalized spacial score (nSPS) is 17.6. The van der Waals surface area contributed by atoms with E-state index in [4.69, 9.17) is 10.1 Å². The van der Waals surface area contributed by atoms with Crippen molar-refractivity contribution >= 4 is 28.5 Å². The van der Waals surface area contributed by atoms with Gasteiger partial charge in [-0.05, 0) is 60.9 Å². The van der Waals surface area contributed by atoms with E-state index in [1.165, 1.54) is 42.6 Å². The van der Waals surface area contributed by atoms with Crippen LogP contribution in [-0.4, -0.2) is 34.8 Å². The van der Waals surface area contributed by atoms with Crippen LogP contribution in [0.15, 0.2) is 72.9 Å². The number of nitrogens with one attached hydrogen (secondary N) is 2. The van der Waals surface area contributed by atoms with Crippen molar-refractivity contribution in [1.82, 2.24) is 4.57 Å². The number of nitrogens with zero attached hydrogens (tertiary/aromatic N) is 1. The summed E-state index contributed by atoms with van der Waals surface area (Å²) in [5.41, 5.74) is -2.49. The minimum absolute atomic E-state index is 0.107. The predicted molar refractivity (Wildman–Crippen MR) is 134 cm³/mol. The number of fused-ring (bicyclic) bond motifs is 1. The highest BCUT2D eigenvalue weighted by molar-refractivity contribution is 5.89. The van der Waals surface area contributed by atoms with Crippen LogP contribution in [0.1, 0.15) is 29.5 Å². The first-order valence-electron chi connectivity index (χ1n) is 11.9. The number of rotatable bonds is 7. The van der Waals surface area contributed by atoms with Crippen molar-refractivity contribution in [3.8, 4) is 0 Å². The van der Waals surface area contributed by atoms with Crippen LogP contribution >= 0.6 is 0 Å². The molecule has 2 unspecified atom stereocenters. The summed E-state index contributed by atoms with van der Waals surface area (Å²) >= 11 is 0. The van der Waals surface area contributed by atoms with Crippen LogP contribution in [0.5, 0.6) is 0 Å². The van der Waals surface area contributed by atoms with Crippen molar-refractivity contribution in [2.45, 2.75) is 37.3 Å². The van der Waals surface area contributed by atoms with E-state index < -0.39 is 23.2 Å². The summed E-state index contributed by atoms with van der Waals surface area (Å²) in [5.74, 6) is -0.429.